The van der Waals surface area contributed by atoms with Crippen LogP contribution in [0, 0.1) is 5.92 Å². The Morgan fingerprint density at radius 1 is 1.30 bits per heavy atom. The summed E-state index contributed by atoms with van der Waals surface area (Å²) in [6.07, 6.45) is 7.59. The van der Waals surface area contributed by atoms with Crippen molar-refractivity contribution >= 4 is 5.91 Å². The fourth-order valence-corrected chi connectivity index (χ4v) is 3.98. The molecule has 3 nitrogen and oxygen atoms in total. The third-order valence-electron chi connectivity index (χ3n) is 5.07. The van der Waals surface area contributed by atoms with Crippen LogP contribution in [0.2, 0.25) is 0 Å². The Hall–Kier alpha value is -1.61. The van der Waals surface area contributed by atoms with Crippen molar-refractivity contribution < 1.29 is 4.79 Å². The molecule has 1 fully saturated rings. The number of likely N-dealkylation sites (tertiary alicyclic amines) is 1. The summed E-state index contributed by atoms with van der Waals surface area (Å²) >= 11 is 0. The molecule has 20 heavy (non-hydrogen) atoms. The van der Waals surface area contributed by atoms with Crippen molar-refractivity contribution in [1.82, 2.24) is 9.80 Å². The van der Waals surface area contributed by atoms with Crippen molar-refractivity contribution in [2.24, 2.45) is 5.92 Å². The van der Waals surface area contributed by atoms with E-state index in [9.17, 15) is 4.79 Å². The van der Waals surface area contributed by atoms with Gasteiger partial charge in [-0.3, -0.25) is 9.69 Å². The molecule has 1 heterocycles. The Labute approximate surface area is 119 Å². The SMILES string of the molecule is CN(CN1C(=O)C2C=CC1C2)C1CCc2ccccc21. The van der Waals surface area contributed by atoms with Gasteiger partial charge in [0.1, 0.15) is 0 Å². The van der Waals surface area contributed by atoms with Crippen LogP contribution in [0.15, 0.2) is 36.4 Å². The minimum absolute atomic E-state index is 0.157. The number of fused-ring (bicyclic) bond motifs is 3. The third kappa shape index (κ3) is 1.73. The lowest BCUT2D eigenvalue weighted by atomic mass is 10.1. The van der Waals surface area contributed by atoms with Crippen LogP contribution in [-0.2, 0) is 11.2 Å². The van der Waals surface area contributed by atoms with E-state index in [-0.39, 0.29) is 5.92 Å². The highest BCUT2D eigenvalue weighted by Crippen LogP contribution is 2.37. The molecule has 3 unspecified atom stereocenters. The van der Waals surface area contributed by atoms with Crippen molar-refractivity contribution in [3.63, 3.8) is 0 Å². The summed E-state index contributed by atoms with van der Waals surface area (Å²) in [4.78, 5) is 16.6. The summed E-state index contributed by atoms with van der Waals surface area (Å²) in [6.45, 7) is 0.753. The Morgan fingerprint density at radius 2 is 2.15 bits per heavy atom. The Bertz CT molecular complexity index is 580. The molecule has 1 amide bonds. The maximum atomic E-state index is 12.2. The van der Waals surface area contributed by atoms with Gasteiger partial charge >= 0.3 is 0 Å². The first-order valence-electron chi connectivity index (χ1n) is 7.51. The first-order valence-corrected chi connectivity index (χ1v) is 7.51. The highest BCUT2D eigenvalue weighted by Gasteiger charge is 2.41. The van der Waals surface area contributed by atoms with Crippen molar-refractivity contribution in [3.05, 3.63) is 47.5 Å². The van der Waals surface area contributed by atoms with E-state index in [0.717, 1.165) is 19.5 Å². The van der Waals surface area contributed by atoms with Crippen LogP contribution in [0.1, 0.15) is 30.0 Å². The molecule has 0 aromatic heterocycles. The highest BCUT2D eigenvalue weighted by atomic mass is 16.2. The van der Waals surface area contributed by atoms with E-state index >= 15 is 0 Å². The molecule has 1 aliphatic heterocycles. The van der Waals surface area contributed by atoms with Gasteiger partial charge in [0.15, 0.2) is 0 Å². The summed E-state index contributed by atoms with van der Waals surface area (Å²) in [6, 6.07) is 9.51. The third-order valence-corrected chi connectivity index (χ3v) is 5.07. The molecule has 104 valence electrons. The monoisotopic (exact) mass is 268 g/mol. The maximum Gasteiger partial charge on any atom is 0.231 e. The second-order valence-electron chi connectivity index (χ2n) is 6.25. The number of aryl methyl sites for hydroxylation is 1. The zero-order valence-corrected chi connectivity index (χ0v) is 11.8. The topological polar surface area (TPSA) is 23.6 Å². The van der Waals surface area contributed by atoms with Crippen molar-refractivity contribution in [2.45, 2.75) is 31.3 Å². The fourth-order valence-electron chi connectivity index (χ4n) is 3.98. The standard InChI is InChI=1S/C17H20N2O/c1-18(11-19-14-8-6-13(10-14)17(19)20)16-9-7-12-4-2-3-5-15(12)16/h2-6,8,13-14,16H,7,9-11H2,1H3. The van der Waals surface area contributed by atoms with Crippen molar-refractivity contribution in [3.8, 4) is 0 Å². The molecule has 4 rings (SSSR count). The van der Waals surface area contributed by atoms with E-state index in [1.165, 1.54) is 17.5 Å². The van der Waals surface area contributed by atoms with E-state index in [0.29, 0.717) is 18.0 Å². The predicted molar refractivity (Wildman–Crippen MR) is 78.0 cm³/mol. The van der Waals surface area contributed by atoms with E-state index in [1.807, 2.05) is 4.90 Å². The summed E-state index contributed by atoms with van der Waals surface area (Å²) < 4.78 is 0. The van der Waals surface area contributed by atoms with Crippen LogP contribution in [0.3, 0.4) is 0 Å². The lowest BCUT2D eigenvalue weighted by Gasteiger charge is -2.33. The lowest BCUT2D eigenvalue weighted by Crippen LogP contribution is -2.43. The zero-order valence-electron chi connectivity index (χ0n) is 11.8. The van der Waals surface area contributed by atoms with Crippen LogP contribution >= 0.6 is 0 Å². The fraction of sp³-hybridized carbons (Fsp3) is 0.471. The van der Waals surface area contributed by atoms with Crippen LogP contribution in [0.25, 0.3) is 0 Å². The van der Waals surface area contributed by atoms with E-state index in [1.54, 1.807) is 0 Å². The Balaban J connectivity index is 1.51. The Morgan fingerprint density at radius 3 is 2.95 bits per heavy atom. The lowest BCUT2D eigenvalue weighted by molar-refractivity contribution is -0.133. The maximum absolute atomic E-state index is 12.2. The molecule has 1 aromatic carbocycles. The summed E-state index contributed by atoms with van der Waals surface area (Å²) in [5.41, 5.74) is 2.92. The van der Waals surface area contributed by atoms with Crippen LogP contribution < -0.4 is 0 Å². The minimum atomic E-state index is 0.157. The van der Waals surface area contributed by atoms with E-state index in [2.05, 4.69) is 48.4 Å². The van der Waals surface area contributed by atoms with E-state index in [4.69, 9.17) is 0 Å². The average Bonchev–Trinajstić information content (AvgIpc) is 3.15. The number of hydrogen-bond acceptors (Lipinski definition) is 2. The number of hydrogen-bond donors (Lipinski definition) is 0. The number of carbonyl (C=O) groups excluding carboxylic acids is 1. The molecule has 2 bridgehead atoms. The highest BCUT2D eigenvalue weighted by molar-refractivity contribution is 5.85. The molecule has 0 spiro atoms. The molecule has 3 aliphatic rings. The largest absolute Gasteiger partial charge is 0.323 e. The number of nitrogens with zero attached hydrogens (tertiary/aromatic N) is 2. The molecule has 0 saturated carbocycles. The molecule has 0 radical (unpaired) electrons. The van der Waals surface area contributed by atoms with Gasteiger partial charge in [0.05, 0.1) is 18.6 Å². The summed E-state index contributed by atoms with van der Waals surface area (Å²) in [5, 5.41) is 0. The molecular formula is C17H20N2O. The first-order chi connectivity index (χ1) is 9.74. The van der Waals surface area contributed by atoms with Crippen LogP contribution in [0.4, 0.5) is 0 Å². The van der Waals surface area contributed by atoms with E-state index < -0.39 is 0 Å². The molecular weight excluding hydrogens is 248 g/mol. The second kappa shape index (κ2) is 4.45. The molecule has 0 N–H and O–H groups in total. The Kier molecular flexibility index (Phi) is 2.71. The van der Waals surface area contributed by atoms with Gasteiger partial charge in [0, 0.05) is 6.04 Å². The molecule has 3 atom stereocenters. The molecule has 1 aromatic rings. The van der Waals surface area contributed by atoms with Gasteiger partial charge in [0.25, 0.3) is 0 Å². The van der Waals surface area contributed by atoms with Gasteiger partial charge in [0.2, 0.25) is 5.91 Å². The summed E-state index contributed by atoms with van der Waals surface area (Å²) in [5.74, 6) is 0.472. The van der Waals surface area contributed by atoms with Crippen molar-refractivity contribution in [1.29, 1.82) is 0 Å². The number of benzene rings is 1. The quantitative estimate of drug-likeness (QED) is 0.786. The van der Waals surface area contributed by atoms with Gasteiger partial charge in [-0.25, -0.2) is 0 Å². The smallest absolute Gasteiger partial charge is 0.231 e. The molecule has 3 heteroatoms. The van der Waals surface area contributed by atoms with Crippen LogP contribution in [0.5, 0.6) is 0 Å². The second-order valence-corrected chi connectivity index (χ2v) is 6.25. The molecule has 2 aliphatic carbocycles. The predicted octanol–water partition coefficient (Wildman–Crippen LogP) is 2.35. The van der Waals surface area contributed by atoms with Gasteiger partial charge in [-0.05, 0) is 37.4 Å². The zero-order chi connectivity index (χ0) is 13.7. The number of amides is 1. The van der Waals surface area contributed by atoms with Crippen LogP contribution in [-0.4, -0.2) is 35.5 Å². The molecule has 1 saturated heterocycles. The average molecular weight is 268 g/mol. The first kappa shape index (κ1) is 12.2. The number of carbonyl (C=O) groups is 1. The van der Waals surface area contributed by atoms with Gasteiger partial charge in [-0.2, -0.15) is 0 Å². The van der Waals surface area contributed by atoms with Gasteiger partial charge in [-0.15, -0.1) is 0 Å². The number of rotatable bonds is 3. The normalized spacial score (nSPS) is 30.6. The van der Waals surface area contributed by atoms with Gasteiger partial charge < -0.3 is 4.90 Å². The van der Waals surface area contributed by atoms with Crippen molar-refractivity contribution in [2.75, 3.05) is 13.7 Å². The van der Waals surface area contributed by atoms with Gasteiger partial charge in [-0.1, -0.05) is 36.4 Å². The minimum Gasteiger partial charge on any atom is -0.323 e. The summed E-state index contributed by atoms with van der Waals surface area (Å²) in [7, 11) is 2.15.